The van der Waals surface area contributed by atoms with Crippen molar-refractivity contribution in [2.75, 3.05) is 0 Å². The Morgan fingerprint density at radius 2 is 1.93 bits per heavy atom. The second kappa shape index (κ2) is 7.05. The quantitative estimate of drug-likeness (QED) is 0.324. The first-order chi connectivity index (χ1) is 6.88. The summed E-state index contributed by atoms with van der Waals surface area (Å²) in [7, 11) is 0. The van der Waals surface area contributed by atoms with Gasteiger partial charge in [-0.25, -0.2) is 0 Å². The van der Waals surface area contributed by atoms with E-state index in [9.17, 15) is 0 Å². The Hall–Kier alpha value is -0.300. The number of hydrogen-bond donors (Lipinski definition) is 0. The first-order valence-corrected chi connectivity index (χ1v) is 6.20. The largest absolute Gasteiger partial charge is 0.365 e. The van der Waals surface area contributed by atoms with Crippen LogP contribution in [0.2, 0.25) is 0 Å². The second-order valence-corrected chi connectivity index (χ2v) is 4.21. The van der Waals surface area contributed by atoms with E-state index in [-0.39, 0.29) is 0 Å². The van der Waals surface area contributed by atoms with Crippen LogP contribution >= 0.6 is 0 Å². The average Bonchev–Trinajstić information content (AvgIpc) is 2.92. The van der Waals surface area contributed by atoms with Crippen LogP contribution in [0.4, 0.5) is 0 Å². The average molecular weight is 196 g/mol. The predicted molar refractivity (Wildman–Crippen MR) is 61.5 cm³/mol. The van der Waals surface area contributed by atoms with Crippen LogP contribution in [0.25, 0.3) is 0 Å². The molecule has 1 rings (SSSR count). The van der Waals surface area contributed by atoms with E-state index >= 15 is 0 Å². The van der Waals surface area contributed by atoms with Gasteiger partial charge in [-0.3, -0.25) is 0 Å². The molecule has 0 unspecified atom stereocenters. The van der Waals surface area contributed by atoms with E-state index < -0.39 is 0 Å². The minimum absolute atomic E-state index is 0.461. The predicted octanol–water partition coefficient (Wildman–Crippen LogP) is 4.08. The van der Waals surface area contributed by atoms with Crippen LogP contribution in [0.5, 0.6) is 0 Å². The maximum Gasteiger partial charge on any atom is 0.102 e. The standard InChI is InChI=1S/C13H24O/c1-3-5-7-9-11-13-12(14-13)10-8-6-4-2/h8,10,12-13H,3-7,9,11H2,1-2H3/b10-8+/t12-,13-/m0/s1. The topological polar surface area (TPSA) is 12.5 Å². The van der Waals surface area contributed by atoms with Crippen molar-refractivity contribution in [1.82, 2.24) is 0 Å². The van der Waals surface area contributed by atoms with Gasteiger partial charge >= 0.3 is 0 Å². The van der Waals surface area contributed by atoms with Crippen molar-refractivity contribution in [3.8, 4) is 0 Å². The summed E-state index contributed by atoms with van der Waals surface area (Å²) < 4.78 is 5.56. The van der Waals surface area contributed by atoms with E-state index in [1.165, 1.54) is 44.9 Å². The van der Waals surface area contributed by atoms with Crippen molar-refractivity contribution >= 4 is 0 Å². The first-order valence-electron chi connectivity index (χ1n) is 6.20. The summed E-state index contributed by atoms with van der Waals surface area (Å²) in [5.74, 6) is 0. The summed E-state index contributed by atoms with van der Waals surface area (Å²) in [4.78, 5) is 0. The van der Waals surface area contributed by atoms with E-state index in [0.29, 0.717) is 12.2 Å². The Bertz CT molecular complexity index is 163. The Kier molecular flexibility index (Phi) is 5.93. The molecule has 1 aliphatic rings. The molecule has 1 heteroatoms. The zero-order chi connectivity index (χ0) is 10.2. The SMILES string of the molecule is CCC/C=C/[C@@H]1O[C@H]1CCCCCC. The van der Waals surface area contributed by atoms with Gasteiger partial charge in [0.25, 0.3) is 0 Å². The second-order valence-electron chi connectivity index (χ2n) is 4.21. The highest BCUT2D eigenvalue weighted by atomic mass is 16.6. The van der Waals surface area contributed by atoms with Gasteiger partial charge < -0.3 is 4.74 Å². The molecule has 2 atom stereocenters. The number of unbranched alkanes of at least 4 members (excludes halogenated alkanes) is 4. The van der Waals surface area contributed by atoms with Gasteiger partial charge in [-0.05, 0) is 12.8 Å². The molecule has 0 saturated carbocycles. The van der Waals surface area contributed by atoms with E-state index in [2.05, 4.69) is 26.0 Å². The van der Waals surface area contributed by atoms with Crippen LogP contribution in [0.3, 0.4) is 0 Å². The van der Waals surface area contributed by atoms with Gasteiger partial charge in [-0.1, -0.05) is 58.1 Å². The molecule has 0 aromatic carbocycles. The van der Waals surface area contributed by atoms with Gasteiger partial charge in [-0.15, -0.1) is 0 Å². The Morgan fingerprint density at radius 3 is 2.64 bits per heavy atom. The van der Waals surface area contributed by atoms with E-state index in [1.807, 2.05) is 0 Å². The third-order valence-corrected chi connectivity index (χ3v) is 2.75. The smallest absolute Gasteiger partial charge is 0.102 e. The minimum Gasteiger partial charge on any atom is -0.365 e. The van der Waals surface area contributed by atoms with Crippen molar-refractivity contribution in [1.29, 1.82) is 0 Å². The Morgan fingerprint density at radius 1 is 1.07 bits per heavy atom. The fourth-order valence-corrected chi connectivity index (χ4v) is 1.73. The summed E-state index contributed by atoms with van der Waals surface area (Å²) in [6.07, 6.45) is 14.6. The fraction of sp³-hybridized carbons (Fsp3) is 0.846. The highest BCUT2D eigenvalue weighted by molar-refractivity contribution is 5.02. The number of ether oxygens (including phenoxy) is 1. The summed E-state index contributed by atoms with van der Waals surface area (Å²) in [5, 5.41) is 0. The lowest BCUT2D eigenvalue weighted by atomic mass is 10.1. The van der Waals surface area contributed by atoms with Gasteiger partial charge in [0, 0.05) is 0 Å². The Balaban J connectivity index is 1.92. The molecule has 1 nitrogen and oxygen atoms in total. The van der Waals surface area contributed by atoms with Crippen molar-refractivity contribution in [2.45, 2.75) is 71.0 Å². The Labute approximate surface area is 88.5 Å². The maximum absolute atomic E-state index is 5.56. The normalized spacial score (nSPS) is 25.9. The number of rotatable bonds is 8. The molecule has 1 aliphatic heterocycles. The van der Waals surface area contributed by atoms with Gasteiger partial charge in [0.15, 0.2) is 0 Å². The van der Waals surface area contributed by atoms with Crippen molar-refractivity contribution in [3.05, 3.63) is 12.2 Å². The van der Waals surface area contributed by atoms with Gasteiger partial charge in [-0.2, -0.15) is 0 Å². The molecule has 1 fully saturated rings. The lowest BCUT2D eigenvalue weighted by Crippen LogP contribution is -1.90. The molecule has 0 radical (unpaired) electrons. The highest BCUT2D eigenvalue weighted by Crippen LogP contribution is 2.28. The summed E-state index contributed by atoms with van der Waals surface area (Å²) >= 11 is 0. The zero-order valence-electron chi connectivity index (χ0n) is 9.67. The molecular formula is C13H24O. The van der Waals surface area contributed by atoms with Crippen molar-refractivity contribution < 1.29 is 4.74 Å². The molecule has 0 bridgehead atoms. The minimum atomic E-state index is 0.461. The highest BCUT2D eigenvalue weighted by Gasteiger charge is 2.35. The molecule has 0 spiro atoms. The van der Waals surface area contributed by atoms with Crippen LogP contribution < -0.4 is 0 Å². The number of hydrogen-bond acceptors (Lipinski definition) is 1. The van der Waals surface area contributed by atoms with Crippen LogP contribution in [-0.4, -0.2) is 12.2 Å². The van der Waals surface area contributed by atoms with Crippen LogP contribution in [0.1, 0.15) is 58.8 Å². The lowest BCUT2D eigenvalue weighted by Gasteiger charge is -1.94. The third-order valence-electron chi connectivity index (χ3n) is 2.75. The lowest BCUT2D eigenvalue weighted by molar-refractivity contribution is 0.372. The molecule has 0 aliphatic carbocycles. The van der Waals surface area contributed by atoms with Crippen molar-refractivity contribution in [2.24, 2.45) is 0 Å². The molecule has 1 heterocycles. The molecule has 0 aromatic rings. The molecule has 82 valence electrons. The molecule has 0 amide bonds. The van der Waals surface area contributed by atoms with E-state index in [0.717, 1.165) is 0 Å². The summed E-state index contributed by atoms with van der Waals surface area (Å²) in [5.41, 5.74) is 0. The fourth-order valence-electron chi connectivity index (χ4n) is 1.73. The van der Waals surface area contributed by atoms with Crippen molar-refractivity contribution in [3.63, 3.8) is 0 Å². The van der Waals surface area contributed by atoms with Gasteiger partial charge in [0.05, 0.1) is 6.10 Å². The zero-order valence-corrected chi connectivity index (χ0v) is 9.67. The molecule has 14 heavy (non-hydrogen) atoms. The molecular weight excluding hydrogens is 172 g/mol. The monoisotopic (exact) mass is 196 g/mol. The van der Waals surface area contributed by atoms with E-state index in [4.69, 9.17) is 4.74 Å². The van der Waals surface area contributed by atoms with Crippen LogP contribution in [-0.2, 0) is 4.74 Å². The molecule has 1 saturated heterocycles. The van der Waals surface area contributed by atoms with Crippen LogP contribution in [0, 0.1) is 0 Å². The third kappa shape index (κ3) is 4.80. The maximum atomic E-state index is 5.56. The molecule has 0 N–H and O–H groups in total. The van der Waals surface area contributed by atoms with E-state index in [1.54, 1.807) is 0 Å². The van der Waals surface area contributed by atoms with Crippen LogP contribution in [0.15, 0.2) is 12.2 Å². The number of epoxide rings is 1. The first kappa shape index (κ1) is 11.8. The number of allylic oxidation sites excluding steroid dienone is 1. The van der Waals surface area contributed by atoms with Gasteiger partial charge in [0.1, 0.15) is 6.10 Å². The summed E-state index contributed by atoms with van der Waals surface area (Å²) in [6.45, 7) is 4.46. The molecule has 0 aromatic heterocycles. The van der Waals surface area contributed by atoms with Gasteiger partial charge in [0.2, 0.25) is 0 Å². The summed E-state index contributed by atoms with van der Waals surface area (Å²) in [6, 6.07) is 0.